The molecule has 0 amide bonds. The van der Waals surface area contributed by atoms with Crippen molar-refractivity contribution in [3.8, 4) is 0 Å². The molecule has 0 aromatic heterocycles. The highest BCUT2D eigenvalue weighted by Gasteiger charge is 2.32. The maximum Gasteiger partial charge on any atom is 0.0436 e. The molecule has 0 unspecified atom stereocenters. The average Bonchev–Trinajstić information content (AvgIpc) is 2.37. The summed E-state index contributed by atoms with van der Waals surface area (Å²) in [6.07, 6.45) is 7.57. The molecule has 0 aliphatic heterocycles. The molecule has 1 fully saturated rings. The zero-order valence-electron chi connectivity index (χ0n) is 13.8. The molecule has 0 heterocycles. The Bertz CT molecular complexity index is 252. The van der Waals surface area contributed by atoms with Gasteiger partial charge < -0.3 is 10.4 Å². The van der Waals surface area contributed by atoms with Crippen LogP contribution in [0.1, 0.15) is 73.1 Å². The van der Waals surface area contributed by atoms with Gasteiger partial charge in [-0.15, -0.1) is 0 Å². The van der Waals surface area contributed by atoms with E-state index in [1.54, 1.807) is 0 Å². The van der Waals surface area contributed by atoms with Gasteiger partial charge >= 0.3 is 0 Å². The molecular formula is C17H35NO. The second-order valence-corrected chi connectivity index (χ2v) is 7.91. The summed E-state index contributed by atoms with van der Waals surface area (Å²) >= 11 is 0. The molecule has 0 saturated heterocycles. The summed E-state index contributed by atoms with van der Waals surface area (Å²) in [7, 11) is 0. The van der Waals surface area contributed by atoms with E-state index in [1.807, 2.05) is 0 Å². The van der Waals surface area contributed by atoms with Crippen LogP contribution in [0.15, 0.2) is 0 Å². The SMILES string of the molecule is CCC(C)(C)C1CCC(NCC(C)(C)CCO)CC1. The Morgan fingerprint density at radius 1 is 1.05 bits per heavy atom. The second kappa shape index (κ2) is 7.08. The molecule has 1 aliphatic rings. The van der Waals surface area contributed by atoms with Crippen LogP contribution < -0.4 is 5.32 Å². The maximum absolute atomic E-state index is 9.06. The van der Waals surface area contributed by atoms with Gasteiger partial charge in [-0.2, -0.15) is 0 Å². The monoisotopic (exact) mass is 269 g/mol. The fourth-order valence-corrected chi connectivity index (χ4v) is 3.18. The summed E-state index contributed by atoms with van der Waals surface area (Å²) in [5, 5.41) is 12.8. The molecule has 0 spiro atoms. The van der Waals surface area contributed by atoms with E-state index in [9.17, 15) is 0 Å². The average molecular weight is 269 g/mol. The summed E-state index contributed by atoms with van der Waals surface area (Å²) in [6, 6.07) is 0.696. The molecule has 1 aliphatic carbocycles. The minimum atomic E-state index is 0.217. The molecule has 0 atom stereocenters. The van der Waals surface area contributed by atoms with Crippen molar-refractivity contribution in [2.24, 2.45) is 16.7 Å². The highest BCUT2D eigenvalue weighted by molar-refractivity contribution is 4.86. The van der Waals surface area contributed by atoms with Crippen molar-refractivity contribution in [2.75, 3.05) is 13.2 Å². The number of rotatable bonds is 7. The van der Waals surface area contributed by atoms with Crippen LogP contribution in [0.25, 0.3) is 0 Å². The molecule has 2 N–H and O–H groups in total. The Hall–Kier alpha value is -0.0800. The van der Waals surface area contributed by atoms with Gasteiger partial charge in [-0.3, -0.25) is 0 Å². The van der Waals surface area contributed by atoms with Crippen LogP contribution in [0.5, 0.6) is 0 Å². The Morgan fingerprint density at radius 2 is 1.63 bits per heavy atom. The second-order valence-electron chi connectivity index (χ2n) is 7.91. The summed E-state index contributed by atoms with van der Waals surface area (Å²) in [6.45, 7) is 13.0. The first-order chi connectivity index (χ1) is 8.80. The van der Waals surface area contributed by atoms with Crippen LogP contribution >= 0.6 is 0 Å². The lowest BCUT2D eigenvalue weighted by Crippen LogP contribution is -2.41. The van der Waals surface area contributed by atoms with E-state index in [4.69, 9.17) is 5.11 Å². The number of nitrogens with one attached hydrogen (secondary N) is 1. The minimum Gasteiger partial charge on any atom is -0.396 e. The van der Waals surface area contributed by atoms with Gasteiger partial charge in [0, 0.05) is 19.2 Å². The summed E-state index contributed by atoms with van der Waals surface area (Å²) in [5.74, 6) is 0.904. The Kier molecular flexibility index (Phi) is 6.32. The van der Waals surface area contributed by atoms with Gasteiger partial charge in [0.15, 0.2) is 0 Å². The van der Waals surface area contributed by atoms with Gasteiger partial charge in [-0.05, 0) is 48.9 Å². The van der Waals surface area contributed by atoms with Crippen LogP contribution in [0.4, 0.5) is 0 Å². The van der Waals surface area contributed by atoms with Crippen LogP contribution in [0.3, 0.4) is 0 Å². The minimum absolute atomic E-state index is 0.217. The molecular weight excluding hydrogens is 234 g/mol. The quantitative estimate of drug-likeness (QED) is 0.732. The normalized spacial score (nSPS) is 25.6. The van der Waals surface area contributed by atoms with Gasteiger partial charge in [0.1, 0.15) is 0 Å². The van der Waals surface area contributed by atoms with E-state index >= 15 is 0 Å². The van der Waals surface area contributed by atoms with Crippen molar-refractivity contribution in [1.29, 1.82) is 0 Å². The van der Waals surface area contributed by atoms with Crippen LogP contribution in [-0.4, -0.2) is 24.3 Å². The molecule has 19 heavy (non-hydrogen) atoms. The topological polar surface area (TPSA) is 32.3 Å². The molecule has 1 saturated carbocycles. The predicted octanol–water partition coefficient (Wildman–Crippen LogP) is 3.98. The van der Waals surface area contributed by atoms with E-state index in [0.29, 0.717) is 18.1 Å². The fraction of sp³-hybridized carbons (Fsp3) is 1.00. The van der Waals surface area contributed by atoms with Crippen LogP contribution in [0.2, 0.25) is 0 Å². The fourth-order valence-electron chi connectivity index (χ4n) is 3.18. The summed E-state index contributed by atoms with van der Waals surface area (Å²) in [4.78, 5) is 0. The van der Waals surface area contributed by atoms with Gasteiger partial charge in [-0.1, -0.05) is 41.0 Å². The molecule has 2 heteroatoms. The number of hydrogen-bond acceptors (Lipinski definition) is 2. The number of aliphatic hydroxyl groups excluding tert-OH is 1. The molecule has 2 nitrogen and oxygen atoms in total. The maximum atomic E-state index is 9.06. The van der Waals surface area contributed by atoms with E-state index < -0.39 is 0 Å². The van der Waals surface area contributed by atoms with Crippen molar-refractivity contribution < 1.29 is 5.11 Å². The Balaban J connectivity index is 2.31. The van der Waals surface area contributed by atoms with Gasteiger partial charge in [0.2, 0.25) is 0 Å². The first kappa shape index (κ1) is 17.0. The van der Waals surface area contributed by atoms with E-state index in [-0.39, 0.29) is 5.41 Å². The molecule has 0 radical (unpaired) electrons. The largest absolute Gasteiger partial charge is 0.396 e. The molecule has 114 valence electrons. The first-order valence-corrected chi connectivity index (χ1v) is 8.15. The summed E-state index contributed by atoms with van der Waals surface area (Å²) in [5.41, 5.74) is 0.732. The Labute approximate surface area is 120 Å². The van der Waals surface area contributed by atoms with Gasteiger partial charge in [0.25, 0.3) is 0 Å². The zero-order valence-corrected chi connectivity index (χ0v) is 13.8. The highest BCUT2D eigenvalue weighted by Crippen LogP contribution is 2.40. The Morgan fingerprint density at radius 3 is 2.11 bits per heavy atom. The lowest BCUT2D eigenvalue weighted by atomic mass is 9.69. The smallest absolute Gasteiger partial charge is 0.0436 e. The van der Waals surface area contributed by atoms with Gasteiger partial charge in [0.05, 0.1) is 0 Å². The third-order valence-corrected chi connectivity index (χ3v) is 5.40. The van der Waals surface area contributed by atoms with E-state index in [2.05, 4.69) is 39.9 Å². The lowest BCUT2D eigenvalue weighted by molar-refractivity contribution is 0.130. The van der Waals surface area contributed by atoms with E-state index in [0.717, 1.165) is 18.9 Å². The van der Waals surface area contributed by atoms with Gasteiger partial charge in [-0.25, -0.2) is 0 Å². The molecule has 0 bridgehead atoms. The van der Waals surface area contributed by atoms with Crippen molar-refractivity contribution >= 4 is 0 Å². The predicted molar refractivity (Wildman–Crippen MR) is 83.3 cm³/mol. The van der Waals surface area contributed by atoms with Crippen molar-refractivity contribution in [2.45, 2.75) is 79.2 Å². The molecule has 0 aromatic rings. The third kappa shape index (κ3) is 5.43. The van der Waals surface area contributed by atoms with Crippen molar-refractivity contribution in [1.82, 2.24) is 5.32 Å². The van der Waals surface area contributed by atoms with Crippen molar-refractivity contribution in [3.05, 3.63) is 0 Å². The van der Waals surface area contributed by atoms with E-state index in [1.165, 1.54) is 32.1 Å². The zero-order chi connectivity index (χ0) is 14.5. The lowest BCUT2D eigenvalue weighted by Gasteiger charge is -2.40. The first-order valence-electron chi connectivity index (χ1n) is 8.15. The molecule has 1 rings (SSSR count). The van der Waals surface area contributed by atoms with Crippen LogP contribution in [-0.2, 0) is 0 Å². The number of hydrogen-bond donors (Lipinski definition) is 2. The van der Waals surface area contributed by atoms with Crippen molar-refractivity contribution in [3.63, 3.8) is 0 Å². The van der Waals surface area contributed by atoms with Crippen LogP contribution in [0, 0.1) is 16.7 Å². The number of aliphatic hydroxyl groups is 1. The standard InChI is InChI=1S/C17H35NO/c1-6-17(4,5)14-7-9-15(10-8-14)18-13-16(2,3)11-12-19/h14-15,18-19H,6-13H2,1-5H3. The third-order valence-electron chi connectivity index (χ3n) is 5.40. The molecule has 0 aromatic carbocycles. The summed E-state index contributed by atoms with van der Waals surface area (Å²) < 4.78 is 0. The highest BCUT2D eigenvalue weighted by atomic mass is 16.3.